The van der Waals surface area contributed by atoms with E-state index in [2.05, 4.69) is 10.7 Å². The Balaban J connectivity index is 3.36. The number of nitrogens with zero attached hydrogens (tertiary/aromatic N) is 2. The third-order valence-electron chi connectivity index (χ3n) is 1.72. The van der Waals surface area contributed by atoms with Crippen LogP contribution < -0.4 is 5.90 Å². The van der Waals surface area contributed by atoms with Gasteiger partial charge in [-0.3, -0.25) is 20.2 Å². The Bertz CT molecular complexity index is 471. The molecule has 1 aromatic rings. The Morgan fingerprint density at radius 3 is 2.31 bits per heavy atom. The molecule has 0 atom stereocenters. The molecule has 0 spiro atoms. The van der Waals surface area contributed by atoms with Crippen molar-refractivity contribution in [2.45, 2.75) is 0 Å². The molecule has 0 bridgehead atoms. The van der Waals surface area contributed by atoms with Crippen molar-refractivity contribution in [3.8, 4) is 0 Å². The van der Waals surface area contributed by atoms with Crippen LogP contribution in [0.15, 0.2) is 18.2 Å². The maximum absolute atomic E-state index is 11.0. The van der Waals surface area contributed by atoms with Crippen LogP contribution in [-0.4, -0.2) is 15.8 Å². The highest BCUT2D eigenvalue weighted by Crippen LogP contribution is 2.24. The largest absolute Gasteiger partial charge is 0.369 e. The molecule has 0 aliphatic carbocycles. The van der Waals surface area contributed by atoms with Crippen molar-refractivity contribution in [2.75, 3.05) is 0 Å². The van der Waals surface area contributed by atoms with Crippen molar-refractivity contribution >= 4 is 17.3 Å². The Kier molecular flexibility index (Phi) is 3.11. The van der Waals surface area contributed by atoms with Crippen molar-refractivity contribution in [3.63, 3.8) is 0 Å². The van der Waals surface area contributed by atoms with E-state index in [1.165, 1.54) is 0 Å². The molecule has 0 fully saturated rings. The van der Waals surface area contributed by atoms with Crippen LogP contribution in [0.3, 0.4) is 0 Å². The lowest BCUT2D eigenvalue weighted by Gasteiger charge is -1.99. The zero-order chi connectivity index (χ0) is 12.3. The minimum absolute atomic E-state index is 0.446. The number of nitro benzene ring substituents is 2. The standard InChI is InChI=1S/C7H5N3O6/c8-16-7(11)5-2-1-4(9(12)13)3-6(5)10(14)15/h1-3H,8H2. The molecule has 1 rings (SSSR count). The highest BCUT2D eigenvalue weighted by Gasteiger charge is 2.24. The molecule has 0 saturated carbocycles. The van der Waals surface area contributed by atoms with E-state index in [1.807, 2.05) is 0 Å². The molecule has 84 valence electrons. The van der Waals surface area contributed by atoms with Crippen LogP contribution in [-0.2, 0) is 4.84 Å². The van der Waals surface area contributed by atoms with Gasteiger partial charge in [-0.1, -0.05) is 0 Å². The van der Waals surface area contributed by atoms with Crippen molar-refractivity contribution in [2.24, 2.45) is 5.90 Å². The van der Waals surface area contributed by atoms with Crippen LogP contribution >= 0.6 is 0 Å². The van der Waals surface area contributed by atoms with E-state index in [4.69, 9.17) is 0 Å². The first-order valence-electron chi connectivity index (χ1n) is 3.81. The quantitative estimate of drug-likeness (QED) is 0.586. The zero-order valence-electron chi connectivity index (χ0n) is 7.65. The molecule has 9 heteroatoms. The molecule has 2 N–H and O–H groups in total. The zero-order valence-corrected chi connectivity index (χ0v) is 7.65. The molecule has 1 aromatic carbocycles. The summed E-state index contributed by atoms with van der Waals surface area (Å²) in [5.41, 5.74) is -1.68. The number of carbonyl (C=O) groups excluding carboxylic acids is 1. The van der Waals surface area contributed by atoms with Gasteiger partial charge in [0.2, 0.25) is 0 Å². The van der Waals surface area contributed by atoms with Crippen LogP contribution in [0.1, 0.15) is 10.4 Å². The van der Waals surface area contributed by atoms with Crippen molar-refractivity contribution in [3.05, 3.63) is 44.0 Å². The number of non-ortho nitro benzene ring substituents is 1. The molecule has 0 saturated heterocycles. The molecule has 0 radical (unpaired) electrons. The van der Waals surface area contributed by atoms with Gasteiger partial charge in [0.1, 0.15) is 5.56 Å². The summed E-state index contributed by atoms with van der Waals surface area (Å²) >= 11 is 0. The Labute approximate surface area is 87.7 Å². The maximum Gasteiger partial charge on any atom is 0.363 e. The summed E-state index contributed by atoms with van der Waals surface area (Å²) < 4.78 is 0. The van der Waals surface area contributed by atoms with Crippen LogP contribution in [0, 0.1) is 20.2 Å². The number of hydrogen-bond donors (Lipinski definition) is 1. The van der Waals surface area contributed by atoms with E-state index >= 15 is 0 Å². The first-order chi connectivity index (χ1) is 7.47. The average Bonchev–Trinajstić information content (AvgIpc) is 2.26. The van der Waals surface area contributed by atoms with Gasteiger partial charge in [0, 0.05) is 6.07 Å². The fourth-order valence-electron chi connectivity index (χ4n) is 1.02. The highest BCUT2D eigenvalue weighted by molar-refractivity contribution is 5.94. The molecule has 0 aromatic heterocycles. The van der Waals surface area contributed by atoms with E-state index in [-0.39, 0.29) is 0 Å². The van der Waals surface area contributed by atoms with E-state index in [9.17, 15) is 25.0 Å². The average molecular weight is 227 g/mol. The van der Waals surface area contributed by atoms with Gasteiger partial charge < -0.3 is 4.84 Å². The summed E-state index contributed by atoms with van der Waals surface area (Å²) in [5, 5.41) is 20.9. The summed E-state index contributed by atoms with van der Waals surface area (Å²) in [4.78, 5) is 34.0. The number of carbonyl (C=O) groups is 1. The number of rotatable bonds is 3. The summed E-state index contributed by atoms with van der Waals surface area (Å²) in [5.74, 6) is 3.43. The van der Waals surface area contributed by atoms with Crippen LogP contribution in [0.25, 0.3) is 0 Å². The van der Waals surface area contributed by atoms with Gasteiger partial charge in [0.15, 0.2) is 0 Å². The van der Waals surface area contributed by atoms with Crippen molar-refractivity contribution in [1.82, 2.24) is 0 Å². The fraction of sp³-hybridized carbons (Fsp3) is 0. The second-order valence-electron chi connectivity index (χ2n) is 2.62. The van der Waals surface area contributed by atoms with Gasteiger partial charge >= 0.3 is 5.97 Å². The maximum atomic E-state index is 11.0. The number of nitrogens with two attached hydrogens (primary N) is 1. The Morgan fingerprint density at radius 1 is 1.25 bits per heavy atom. The third-order valence-corrected chi connectivity index (χ3v) is 1.72. The predicted molar refractivity (Wildman–Crippen MR) is 49.4 cm³/mol. The third kappa shape index (κ3) is 2.09. The molecule has 0 unspecified atom stereocenters. The SMILES string of the molecule is NOC(=O)c1ccc([N+](=O)[O-])cc1[N+](=O)[O-]. The molecule has 0 amide bonds. The highest BCUT2D eigenvalue weighted by atomic mass is 16.7. The molecule has 16 heavy (non-hydrogen) atoms. The molecular formula is C7H5N3O6. The van der Waals surface area contributed by atoms with Gasteiger partial charge in [-0.05, 0) is 6.07 Å². The lowest BCUT2D eigenvalue weighted by atomic mass is 10.1. The van der Waals surface area contributed by atoms with E-state index < -0.39 is 32.8 Å². The molecule has 0 aliphatic heterocycles. The smallest absolute Gasteiger partial charge is 0.363 e. The van der Waals surface area contributed by atoms with Gasteiger partial charge in [-0.25, -0.2) is 4.79 Å². The van der Waals surface area contributed by atoms with Gasteiger partial charge in [-0.2, -0.15) is 5.90 Å². The van der Waals surface area contributed by atoms with Gasteiger partial charge in [-0.15, -0.1) is 0 Å². The lowest BCUT2D eigenvalue weighted by Crippen LogP contribution is -2.12. The van der Waals surface area contributed by atoms with E-state index in [0.29, 0.717) is 6.07 Å². The Hall–Kier alpha value is -2.55. The van der Waals surface area contributed by atoms with Crippen LogP contribution in [0.4, 0.5) is 11.4 Å². The normalized spacial score (nSPS) is 9.56. The predicted octanol–water partition coefficient (Wildman–Crippen LogP) is 0.533. The van der Waals surface area contributed by atoms with Gasteiger partial charge in [0.05, 0.1) is 15.9 Å². The molecule has 0 heterocycles. The minimum Gasteiger partial charge on any atom is -0.369 e. The molecular weight excluding hydrogens is 222 g/mol. The van der Waals surface area contributed by atoms with Crippen molar-refractivity contribution in [1.29, 1.82) is 0 Å². The Morgan fingerprint density at radius 2 is 1.88 bits per heavy atom. The minimum atomic E-state index is -1.14. The topological polar surface area (TPSA) is 139 Å². The number of nitro groups is 2. The van der Waals surface area contributed by atoms with E-state index in [1.54, 1.807) is 0 Å². The van der Waals surface area contributed by atoms with Crippen molar-refractivity contribution < 1.29 is 19.5 Å². The first-order valence-corrected chi connectivity index (χ1v) is 3.81. The van der Waals surface area contributed by atoms with Crippen LogP contribution in [0.5, 0.6) is 0 Å². The molecule has 0 aliphatic rings. The second-order valence-corrected chi connectivity index (χ2v) is 2.62. The summed E-state index contributed by atoms with van der Waals surface area (Å²) in [6, 6.07) is 2.51. The summed E-state index contributed by atoms with van der Waals surface area (Å²) in [6.07, 6.45) is 0. The summed E-state index contributed by atoms with van der Waals surface area (Å²) in [6.45, 7) is 0. The monoisotopic (exact) mass is 227 g/mol. The lowest BCUT2D eigenvalue weighted by molar-refractivity contribution is -0.394. The number of benzene rings is 1. The fourth-order valence-corrected chi connectivity index (χ4v) is 1.02. The second kappa shape index (κ2) is 4.31. The van der Waals surface area contributed by atoms with Gasteiger partial charge in [0.25, 0.3) is 11.4 Å². The molecule has 9 nitrogen and oxygen atoms in total. The summed E-state index contributed by atoms with van der Waals surface area (Å²) in [7, 11) is 0. The first kappa shape index (κ1) is 11.5. The number of hydrogen-bond acceptors (Lipinski definition) is 7. The van der Waals surface area contributed by atoms with Crippen LogP contribution in [0.2, 0.25) is 0 Å². The van der Waals surface area contributed by atoms with E-state index in [0.717, 1.165) is 12.1 Å².